The van der Waals surface area contributed by atoms with Crippen LogP contribution in [0, 0.1) is 12.8 Å². The van der Waals surface area contributed by atoms with Crippen molar-refractivity contribution < 1.29 is 4.79 Å². The third-order valence-electron chi connectivity index (χ3n) is 6.53. The Bertz CT molecular complexity index is 892. The Labute approximate surface area is 198 Å². The molecule has 1 aromatic carbocycles. The maximum Gasteiger partial charge on any atom is 0.225 e. The van der Waals surface area contributed by atoms with Crippen LogP contribution in [0.5, 0.6) is 0 Å². The van der Waals surface area contributed by atoms with Gasteiger partial charge in [-0.2, -0.15) is 5.10 Å². The Kier molecular flexibility index (Phi) is 8.83. The summed E-state index contributed by atoms with van der Waals surface area (Å²) in [6, 6.07) is 8.28. The van der Waals surface area contributed by atoms with Crippen LogP contribution in [-0.2, 0) is 4.79 Å². The molecule has 7 heteroatoms. The van der Waals surface area contributed by atoms with E-state index in [-0.39, 0.29) is 12.0 Å². The molecule has 0 bridgehead atoms. The molecule has 1 aliphatic heterocycles. The van der Waals surface area contributed by atoms with Crippen molar-refractivity contribution in [2.75, 3.05) is 38.2 Å². The molecule has 7 nitrogen and oxygen atoms in total. The first-order valence-electron chi connectivity index (χ1n) is 11.9. The molecule has 0 atom stereocenters. The Morgan fingerprint density at radius 1 is 1.15 bits per heavy atom. The minimum atomic E-state index is 0.142. The molecule has 3 rings (SSSR count). The van der Waals surface area contributed by atoms with Gasteiger partial charge >= 0.3 is 0 Å². The second-order valence-corrected chi connectivity index (χ2v) is 8.98. The van der Waals surface area contributed by atoms with Crippen molar-refractivity contribution >= 4 is 24.1 Å². The summed E-state index contributed by atoms with van der Waals surface area (Å²) in [5.74, 6) is 1.72. The van der Waals surface area contributed by atoms with E-state index in [0.29, 0.717) is 17.6 Å². The lowest BCUT2D eigenvalue weighted by atomic mass is 9.85. The average Bonchev–Trinajstić information content (AvgIpc) is 2.81. The smallest absolute Gasteiger partial charge is 0.225 e. The van der Waals surface area contributed by atoms with E-state index >= 15 is 0 Å². The number of likely N-dealkylation sites (N-methyl/N-ethyl adjacent to an activating group) is 1. The first kappa shape index (κ1) is 24.7. The summed E-state index contributed by atoms with van der Waals surface area (Å²) in [4.78, 5) is 21.9. The summed E-state index contributed by atoms with van der Waals surface area (Å²) >= 11 is 0. The van der Waals surface area contributed by atoms with Gasteiger partial charge in [0.1, 0.15) is 5.82 Å². The number of anilines is 1. The molecule has 178 valence electrons. The summed E-state index contributed by atoms with van der Waals surface area (Å²) < 4.78 is 0. The van der Waals surface area contributed by atoms with Crippen molar-refractivity contribution in [3.05, 3.63) is 54.4 Å². The molecule has 0 spiro atoms. The van der Waals surface area contributed by atoms with Gasteiger partial charge in [-0.1, -0.05) is 30.9 Å². The number of piperazine rings is 1. The molecule has 1 aromatic rings. The topological polar surface area (TPSA) is 63.5 Å². The highest BCUT2D eigenvalue weighted by Gasteiger charge is 2.30. The molecule has 1 saturated carbocycles. The van der Waals surface area contributed by atoms with Gasteiger partial charge < -0.3 is 15.1 Å². The first-order valence-corrected chi connectivity index (χ1v) is 11.9. The number of hydrogen-bond acceptors (Lipinski definition) is 5. The van der Waals surface area contributed by atoms with Crippen molar-refractivity contribution in [1.82, 2.24) is 15.1 Å². The molecule has 1 aliphatic carbocycles. The molecule has 2 fully saturated rings. The quantitative estimate of drug-likeness (QED) is 0.390. The normalized spacial score (nSPS) is 22.3. The van der Waals surface area contributed by atoms with E-state index in [0.717, 1.165) is 63.1 Å². The van der Waals surface area contributed by atoms with Gasteiger partial charge in [0.15, 0.2) is 5.84 Å². The van der Waals surface area contributed by atoms with Crippen LogP contribution in [-0.4, -0.2) is 67.5 Å². The van der Waals surface area contributed by atoms with Gasteiger partial charge in [0.25, 0.3) is 0 Å². The highest BCUT2D eigenvalue weighted by molar-refractivity contribution is 6.06. The number of aliphatic imine (C=N–C) groups is 1. The number of amides is 1. The molecule has 0 radical (unpaired) electrons. The van der Waals surface area contributed by atoms with Crippen LogP contribution in [0.1, 0.15) is 38.2 Å². The van der Waals surface area contributed by atoms with Gasteiger partial charge in [-0.3, -0.25) is 4.79 Å². The average molecular weight is 451 g/mol. The van der Waals surface area contributed by atoms with Crippen molar-refractivity contribution in [2.24, 2.45) is 16.0 Å². The number of carbonyl (C=O) groups is 1. The van der Waals surface area contributed by atoms with E-state index in [2.05, 4.69) is 35.7 Å². The van der Waals surface area contributed by atoms with Crippen LogP contribution in [0.3, 0.4) is 0 Å². The van der Waals surface area contributed by atoms with E-state index in [1.165, 1.54) is 0 Å². The predicted molar refractivity (Wildman–Crippen MR) is 138 cm³/mol. The van der Waals surface area contributed by atoms with Gasteiger partial charge in [0.2, 0.25) is 5.91 Å². The van der Waals surface area contributed by atoms with Crippen LogP contribution in [0.15, 0.2) is 58.9 Å². The number of para-hydroxylation sites is 1. The minimum Gasteiger partial charge on any atom is -0.368 e. The number of allylic oxidation sites excluding steroid dienone is 1. The van der Waals surface area contributed by atoms with E-state index in [4.69, 9.17) is 4.99 Å². The van der Waals surface area contributed by atoms with Crippen LogP contribution in [0.2, 0.25) is 0 Å². The summed E-state index contributed by atoms with van der Waals surface area (Å²) in [6.07, 6.45) is 7.53. The van der Waals surface area contributed by atoms with Gasteiger partial charge in [0.05, 0.1) is 5.69 Å². The second-order valence-electron chi connectivity index (χ2n) is 8.98. The van der Waals surface area contributed by atoms with Crippen LogP contribution in [0.4, 0.5) is 5.69 Å². The first-order chi connectivity index (χ1) is 15.9. The zero-order valence-corrected chi connectivity index (χ0v) is 20.3. The standard InChI is InChI=1S/C26H38N6O/c1-6-9-25(32(27-4)24-11-8-7-10-20(24)2)29-21(3)28-23-14-12-22(13-15-23)26(33)31-18-16-30(5)17-19-31/h6-11,22-23,28H,3-4,12-19H2,1-2,5H3/b9-6-,29-25+. The Hall–Kier alpha value is -2.93. The lowest BCUT2D eigenvalue weighted by molar-refractivity contribution is -0.138. The summed E-state index contributed by atoms with van der Waals surface area (Å²) in [5, 5.41) is 9.39. The second kappa shape index (κ2) is 11.8. The molecular formula is C26H38N6O. The van der Waals surface area contributed by atoms with Crippen LogP contribution in [0.25, 0.3) is 0 Å². The molecule has 1 N–H and O–H groups in total. The fourth-order valence-corrected chi connectivity index (χ4v) is 4.55. The lowest BCUT2D eigenvalue weighted by Crippen LogP contribution is -2.49. The number of aryl methyl sites for hydroxylation is 1. The Balaban J connectivity index is 1.58. The number of hydrazone groups is 1. The highest BCUT2D eigenvalue weighted by atomic mass is 16.2. The van der Waals surface area contributed by atoms with Gasteiger partial charge in [-0.05, 0) is 64.3 Å². The minimum absolute atomic E-state index is 0.142. The number of nitrogens with one attached hydrogen (secondary N) is 1. The summed E-state index contributed by atoms with van der Waals surface area (Å²) in [6.45, 7) is 15.5. The molecule has 0 unspecified atom stereocenters. The van der Waals surface area contributed by atoms with Gasteiger partial charge in [0, 0.05) is 44.9 Å². The number of nitrogens with zero attached hydrogens (tertiary/aromatic N) is 5. The third-order valence-corrected chi connectivity index (χ3v) is 6.53. The number of amidine groups is 1. The largest absolute Gasteiger partial charge is 0.368 e. The molecule has 1 amide bonds. The van der Waals surface area contributed by atoms with E-state index in [1.54, 1.807) is 5.01 Å². The molecule has 2 aliphatic rings. The molecule has 0 aromatic heterocycles. The van der Waals surface area contributed by atoms with Crippen molar-refractivity contribution in [2.45, 2.75) is 45.6 Å². The van der Waals surface area contributed by atoms with Gasteiger partial charge in [-0.25, -0.2) is 10.0 Å². The van der Waals surface area contributed by atoms with Crippen molar-refractivity contribution in [1.29, 1.82) is 0 Å². The maximum atomic E-state index is 12.9. The fraction of sp³-hybridized carbons (Fsp3) is 0.500. The maximum absolute atomic E-state index is 12.9. The fourth-order valence-electron chi connectivity index (χ4n) is 4.55. The lowest BCUT2D eigenvalue weighted by Gasteiger charge is -2.36. The van der Waals surface area contributed by atoms with E-state index in [9.17, 15) is 4.79 Å². The van der Waals surface area contributed by atoms with E-state index in [1.807, 2.05) is 55.2 Å². The van der Waals surface area contributed by atoms with Crippen molar-refractivity contribution in [3.8, 4) is 0 Å². The zero-order valence-electron chi connectivity index (χ0n) is 20.3. The highest BCUT2D eigenvalue weighted by Crippen LogP contribution is 2.27. The molecule has 33 heavy (non-hydrogen) atoms. The SMILES string of the molecule is C=NN(C(/C=C\C)=N/C(=C)NC1CCC(C(=O)N2CCN(C)CC2)CC1)c1ccccc1C. The Morgan fingerprint density at radius 3 is 2.42 bits per heavy atom. The number of benzene rings is 1. The molecular weight excluding hydrogens is 412 g/mol. The number of carbonyl (C=O) groups excluding carboxylic acids is 1. The van der Waals surface area contributed by atoms with E-state index < -0.39 is 0 Å². The third kappa shape index (κ3) is 6.54. The van der Waals surface area contributed by atoms with Crippen molar-refractivity contribution in [3.63, 3.8) is 0 Å². The van der Waals surface area contributed by atoms with Gasteiger partial charge in [-0.15, -0.1) is 0 Å². The Morgan fingerprint density at radius 2 is 1.82 bits per heavy atom. The van der Waals surface area contributed by atoms with Crippen LogP contribution >= 0.6 is 0 Å². The summed E-state index contributed by atoms with van der Waals surface area (Å²) in [5.41, 5.74) is 2.02. The monoisotopic (exact) mass is 450 g/mol. The van der Waals surface area contributed by atoms with Crippen LogP contribution < -0.4 is 10.3 Å². The zero-order chi connectivity index (χ0) is 23.8. The number of rotatable bonds is 7. The number of hydrogen-bond donors (Lipinski definition) is 1. The molecule has 1 heterocycles. The predicted octanol–water partition coefficient (Wildman–Crippen LogP) is 3.79. The summed E-state index contributed by atoms with van der Waals surface area (Å²) in [7, 11) is 2.11. The molecule has 1 saturated heterocycles.